The Hall–Kier alpha value is -1.03. The van der Waals surface area contributed by atoms with Crippen molar-refractivity contribution in [3.8, 4) is 0 Å². The highest BCUT2D eigenvalue weighted by molar-refractivity contribution is 7.88. The molecule has 0 atom stereocenters. The van der Waals surface area contributed by atoms with E-state index in [1.165, 1.54) is 10.6 Å². The van der Waals surface area contributed by atoms with Gasteiger partial charge in [0.2, 0.25) is 10.0 Å². The fourth-order valence-electron chi connectivity index (χ4n) is 1.79. The summed E-state index contributed by atoms with van der Waals surface area (Å²) in [4.78, 5) is 0. The summed E-state index contributed by atoms with van der Waals surface area (Å²) in [5, 5.41) is 19.8. The number of sulfonamides is 1. The lowest BCUT2D eigenvalue weighted by Crippen LogP contribution is -2.32. The van der Waals surface area contributed by atoms with E-state index < -0.39 is 10.0 Å². The first-order chi connectivity index (χ1) is 9.47. The molecule has 8 nitrogen and oxygen atoms in total. The van der Waals surface area contributed by atoms with Crippen LogP contribution in [0.5, 0.6) is 0 Å². The smallest absolute Gasteiger partial charge is 0.211 e. The molecule has 0 aromatic carbocycles. The zero-order chi connectivity index (χ0) is 15.0. The van der Waals surface area contributed by atoms with Gasteiger partial charge < -0.3 is 10.4 Å². The Morgan fingerprint density at radius 2 is 2.25 bits per heavy atom. The van der Waals surface area contributed by atoms with Crippen LogP contribution >= 0.6 is 0 Å². The average molecular weight is 305 g/mol. The molecule has 0 fully saturated rings. The second-order valence-corrected chi connectivity index (χ2v) is 6.46. The predicted octanol–water partition coefficient (Wildman–Crippen LogP) is -0.968. The molecule has 0 bridgehead atoms. The van der Waals surface area contributed by atoms with E-state index in [4.69, 9.17) is 5.11 Å². The summed E-state index contributed by atoms with van der Waals surface area (Å²) in [6, 6.07) is 0. The third kappa shape index (κ3) is 5.95. The predicted molar refractivity (Wildman–Crippen MR) is 75.5 cm³/mol. The molecule has 0 radical (unpaired) electrons. The Bertz CT molecular complexity index is 488. The van der Waals surface area contributed by atoms with Gasteiger partial charge in [0.25, 0.3) is 0 Å². The Kier molecular flexibility index (Phi) is 7.06. The van der Waals surface area contributed by atoms with Gasteiger partial charge in [-0.05, 0) is 13.0 Å². The molecule has 0 saturated heterocycles. The molecule has 20 heavy (non-hydrogen) atoms. The van der Waals surface area contributed by atoms with Crippen molar-refractivity contribution in [2.75, 3.05) is 32.5 Å². The molecule has 0 amide bonds. The number of hydrogen-bond acceptors (Lipinski definition) is 6. The fourth-order valence-corrected chi connectivity index (χ4v) is 2.72. The molecular formula is C11H23N5O3S. The average Bonchev–Trinajstić information content (AvgIpc) is 2.80. The van der Waals surface area contributed by atoms with E-state index in [0.29, 0.717) is 32.7 Å². The van der Waals surface area contributed by atoms with E-state index in [9.17, 15) is 8.42 Å². The summed E-state index contributed by atoms with van der Waals surface area (Å²) in [5.74, 6) is 0. The summed E-state index contributed by atoms with van der Waals surface area (Å²) < 4.78 is 25.8. The standard InChI is InChI=1S/C11H23N5O3S/c1-3-16(20(2,18)19)6-4-5-12-9-11-10-15(7-8-17)14-13-11/h10,12,17H,3-9H2,1-2H3. The Morgan fingerprint density at radius 3 is 2.85 bits per heavy atom. The van der Waals surface area contributed by atoms with Crippen LogP contribution in [0.2, 0.25) is 0 Å². The third-order valence-electron chi connectivity index (χ3n) is 2.80. The molecular weight excluding hydrogens is 282 g/mol. The van der Waals surface area contributed by atoms with Gasteiger partial charge >= 0.3 is 0 Å². The number of aromatic nitrogens is 3. The van der Waals surface area contributed by atoms with Crippen molar-refractivity contribution in [3.05, 3.63) is 11.9 Å². The Labute approximate surface area is 119 Å². The van der Waals surface area contributed by atoms with Crippen molar-refractivity contribution < 1.29 is 13.5 Å². The maximum atomic E-state index is 11.4. The summed E-state index contributed by atoms with van der Waals surface area (Å²) in [6.45, 7) is 4.60. The topological polar surface area (TPSA) is 100 Å². The molecule has 0 spiro atoms. The van der Waals surface area contributed by atoms with Gasteiger partial charge in [0.15, 0.2) is 0 Å². The summed E-state index contributed by atoms with van der Waals surface area (Å²) >= 11 is 0. The molecule has 1 aromatic heterocycles. The van der Waals surface area contributed by atoms with Crippen LogP contribution in [0.25, 0.3) is 0 Å². The number of nitrogens with one attached hydrogen (secondary N) is 1. The monoisotopic (exact) mass is 305 g/mol. The third-order valence-corrected chi connectivity index (χ3v) is 4.18. The highest BCUT2D eigenvalue weighted by atomic mass is 32.2. The lowest BCUT2D eigenvalue weighted by Gasteiger charge is -2.17. The van der Waals surface area contributed by atoms with Gasteiger partial charge in [-0.3, -0.25) is 0 Å². The fraction of sp³-hybridized carbons (Fsp3) is 0.818. The van der Waals surface area contributed by atoms with Crippen molar-refractivity contribution in [2.24, 2.45) is 0 Å². The Balaban J connectivity index is 2.21. The number of hydrogen-bond donors (Lipinski definition) is 2. The SMILES string of the molecule is CCN(CCCNCc1cn(CCO)nn1)S(C)(=O)=O. The van der Waals surface area contributed by atoms with Gasteiger partial charge in [-0.25, -0.2) is 17.4 Å². The molecule has 0 aliphatic rings. The second kappa shape index (κ2) is 8.30. The molecule has 0 aliphatic carbocycles. The van der Waals surface area contributed by atoms with Crippen molar-refractivity contribution >= 4 is 10.0 Å². The van der Waals surface area contributed by atoms with E-state index in [-0.39, 0.29) is 6.61 Å². The molecule has 9 heteroatoms. The lowest BCUT2D eigenvalue weighted by molar-refractivity contribution is 0.268. The molecule has 2 N–H and O–H groups in total. The Morgan fingerprint density at radius 1 is 1.50 bits per heavy atom. The largest absolute Gasteiger partial charge is 0.394 e. The highest BCUT2D eigenvalue weighted by Gasteiger charge is 2.12. The number of aliphatic hydroxyl groups excluding tert-OH is 1. The maximum absolute atomic E-state index is 11.4. The number of rotatable bonds is 10. The molecule has 0 unspecified atom stereocenters. The number of nitrogens with zero attached hydrogens (tertiary/aromatic N) is 4. The minimum atomic E-state index is -3.10. The van der Waals surface area contributed by atoms with Gasteiger partial charge in [-0.15, -0.1) is 5.10 Å². The first-order valence-electron chi connectivity index (χ1n) is 6.63. The molecule has 1 heterocycles. The van der Waals surface area contributed by atoms with Crippen LogP contribution in [0.15, 0.2) is 6.20 Å². The van der Waals surface area contributed by atoms with E-state index in [2.05, 4.69) is 15.6 Å². The van der Waals surface area contributed by atoms with Crippen molar-refractivity contribution in [2.45, 2.75) is 26.4 Å². The summed E-state index contributed by atoms with van der Waals surface area (Å²) in [6.07, 6.45) is 3.74. The van der Waals surface area contributed by atoms with Gasteiger partial charge in [0, 0.05) is 25.8 Å². The molecule has 116 valence electrons. The van der Waals surface area contributed by atoms with Crippen LogP contribution in [-0.2, 0) is 23.1 Å². The van der Waals surface area contributed by atoms with Gasteiger partial charge in [0.1, 0.15) is 0 Å². The highest BCUT2D eigenvalue weighted by Crippen LogP contribution is 1.98. The van der Waals surface area contributed by atoms with Crippen molar-refractivity contribution in [1.29, 1.82) is 0 Å². The van der Waals surface area contributed by atoms with Gasteiger partial charge in [0.05, 0.1) is 25.1 Å². The van der Waals surface area contributed by atoms with Crippen LogP contribution in [-0.4, -0.2) is 65.3 Å². The van der Waals surface area contributed by atoms with Gasteiger partial charge in [-0.1, -0.05) is 12.1 Å². The first kappa shape index (κ1) is 17.0. The van der Waals surface area contributed by atoms with Crippen LogP contribution in [0.1, 0.15) is 19.0 Å². The van der Waals surface area contributed by atoms with E-state index >= 15 is 0 Å². The molecule has 1 aromatic rings. The molecule has 0 aliphatic heterocycles. The summed E-state index contributed by atoms with van der Waals surface area (Å²) in [7, 11) is -3.10. The molecule has 1 rings (SSSR count). The van der Waals surface area contributed by atoms with Crippen LogP contribution in [0, 0.1) is 0 Å². The van der Waals surface area contributed by atoms with Crippen LogP contribution in [0.3, 0.4) is 0 Å². The molecule has 0 saturated carbocycles. The van der Waals surface area contributed by atoms with E-state index in [1.807, 2.05) is 6.92 Å². The zero-order valence-electron chi connectivity index (χ0n) is 12.0. The van der Waals surface area contributed by atoms with Crippen LogP contribution < -0.4 is 5.32 Å². The van der Waals surface area contributed by atoms with Crippen molar-refractivity contribution in [1.82, 2.24) is 24.6 Å². The minimum absolute atomic E-state index is 0.0363. The first-order valence-corrected chi connectivity index (χ1v) is 8.48. The maximum Gasteiger partial charge on any atom is 0.211 e. The minimum Gasteiger partial charge on any atom is -0.394 e. The second-order valence-electron chi connectivity index (χ2n) is 4.48. The van der Waals surface area contributed by atoms with Crippen molar-refractivity contribution in [3.63, 3.8) is 0 Å². The van der Waals surface area contributed by atoms with E-state index in [0.717, 1.165) is 12.1 Å². The zero-order valence-corrected chi connectivity index (χ0v) is 12.8. The van der Waals surface area contributed by atoms with Gasteiger partial charge in [-0.2, -0.15) is 0 Å². The number of aliphatic hydroxyl groups is 1. The quantitative estimate of drug-likeness (QED) is 0.540. The van der Waals surface area contributed by atoms with E-state index in [1.54, 1.807) is 10.9 Å². The summed E-state index contributed by atoms with van der Waals surface area (Å²) in [5.41, 5.74) is 0.800. The normalized spacial score (nSPS) is 12.2. The lowest BCUT2D eigenvalue weighted by atomic mass is 10.4. The van der Waals surface area contributed by atoms with Crippen LogP contribution in [0.4, 0.5) is 0 Å².